The number of aromatic amines is 1. The predicted octanol–water partition coefficient (Wildman–Crippen LogP) is 1.96. The van der Waals surface area contributed by atoms with Gasteiger partial charge in [-0.3, -0.25) is 14.6 Å². The van der Waals surface area contributed by atoms with Crippen LogP contribution in [0.3, 0.4) is 0 Å². The molecule has 0 spiro atoms. The number of amides is 1. The molecule has 0 radical (unpaired) electrons. The second kappa shape index (κ2) is 7.80. The molecule has 3 heterocycles. The van der Waals surface area contributed by atoms with Crippen molar-refractivity contribution in [3.63, 3.8) is 0 Å². The van der Waals surface area contributed by atoms with Crippen LogP contribution < -0.4 is 10.9 Å². The third kappa shape index (κ3) is 4.36. The Balaban J connectivity index is 1.58. The molecule has 3 aromatic heterocycles. The molecular formula is C17H17N5O2S. The van der Waals surface area contributed by atoms with E-state index in [0.29, 0.717) is 18.1 Å². The number of nitrogens with zero attached hydrogens (tertiary/aromatic N) is 3. The molecule has 3 rings (SSSR count). The van der Waals surface area contributed by atoms with Gasteiger partial charge in [0.25, 0.3) is 11.5 Å². The first kappa shape index (κ1) is 17.0. The molecule has 2 N–H and O–H groups in total. The molecule has 0 fully saturated rings. The first-order chi connectivity index (χ1) is 12.1. The molecule has 0 aliphatic heterocycles. The number of aryl methyl sites for hydroxylation is 2. The van der Waals surface area contributed by atoms with Gasteiger partial charge >= 0.3 is 0 Å². The van der Waals surface area contributed by atoms with Crippen LogP contribution >= 0.6 is 11.3 Å². The highest BCUT2D eigenvalue weighted by Crippen LogP contribution is 2.16. The number of carbonyl (C=O) groups excluding carboxylic acids is 1. The Morgan fingerprint density at radius 3 is 2.80 bits per heavy atom. The van der Waals surface area contributed by atoms with E-state index >= 15 is 0 Å². The highest BCUT2D eigenvalue weighted by Gasteiger charge is 2.13. The number of nitrogens with one attached hydrogen (secondary N) is 2. The van der Waals surface area contributed by atoms with Crippen LogP contribution in [0.4, 0.5) is 0 Å². The van der Waals surface area contributed by atoms with Gasteiger partial charge in [0.2, 0.25) is 0 Å². The number of rotatable bonds is 6. The second-order valence-corrected chi connectivity index (χ2v) is 6.50. The lowest BCUT2D eigenvalue weighted by Gasteiger charge is -2.05. The Hall–Kier alpha value is -2.87. The van der Waals surface area contributed by atoms with Crippen molar-refractivity contribution in [1.29, 1.82) is 0 Å². The summed E-state index contributed by atoms with van der Waals surface area (Å²) in [7, 11) is 0. The fraction of sp³-hybridized carbons (Fsp3) is 0.235. The van der Waals surface area contributed by atoms with E-state index < -0.39 is 11.5 Å². The summed E-state index contributed by atoms with van der Waals surface area (Å²) in [5.41, 5.74) is 1.29. The monoisotopic (exact) mass is 355 g/mol. The van der Waals surface area contributed by atoms with E-state index in [-0.39, 0.29) is 5.56 Å². The van der Waals surface area contributed by atoms with Crippen LogP contribution in [0.2, 0.25) is 0 Å². The van der Waals surface area contributed by atoms with Crippen LogP contribution in [-0.2, 0) is 6.42 Å². The van der Waals surface area contributed by atoms with E-state index in [1.807, 2.05) is 24.4 Å². The zero-order valence-electron chi connectivity index (χ0n) is 13.7. The summed E-state index contributed by atoms with van der Waals surface area (Å²) in [5.74, 6) is -0.0620. The summed E-state index contributed by atoms with van der Waals surface area (Å²) >= 11 is 1.47. The van der Waals surface area contributed by atoms with Gasteiger partial charge in [0, 0.05) is 30.5 Å². The van der Waals surface area contributed by atoms with E-state index in [2.05, 4.69) is 25.3 Å². The van der Waals surface area contributed by atoms with Gasteiger partial charge in [-0.25, -0.2) is 9.97 Å². The number of hydrogen-bond donors (Lipinski definition) is 2. The predicted molar refractivity (Wildman–Crippen MR) is 95.6 cm³/mol. The van der Waals surface area contributed by atoms with Crippen molar-refractivity contribution in [1.82, 2.24) is 25.3 Å². The Kier molecular flexibility index (Phi) is 5.30. The first-order valence-electron chi connectivity index (χ1n) is 7.82. The van der Waals surface area contributed by atoms with Crippen LogP contribution in [0.15, 0.2) is 40.9 Å². The highest BCUT2D eigenvalue weighted by atomic mass is 32.1. The maximum Gasteiger partial charge on any atom is 0.264 e. The quantitative estimate of drug-likeness (QED) is 0.658. The average molecular weight is 355 g/mol. The molecule has 0 atom stereocenters. The minimum atomic E-state index is -0.470. The SMILES string of the molecule is Cc1nc(-c2ncc(C(=O)NCCCc3ccncc3)c(=O)[nH]2)cs1. The molecule has 3 aromatic rings. The van der Waals surface area contributed by atoms with Gasteiger partial charge in [-0.05, 0) is 37.5 Å². The van der Waals surface area contributed by atoms with E-state index in [4.69, 9.17) is 0 Å². The fourth-order valence-corrected chi connectivity index (χ4v) is 2.90. The molecule has 128 valence electrons. The molecule has 1 amide bonds. The van der Waals surface area contributed by atoms with Crippen molar-refractivity contribution >= 4 is 17.2 Å². The van der Waals surface area contributed by atoms with E-state index in [0.717, 1.165) is 23.4 Å². The number of H-pyrrole nitrogens is 1. The van der Waals surface area contributed by atoms with Crippen LogP contribution in [0.25, 0.3) is 11.5 Å². The van der Waals surface area contributed by atoms with E-state index in [1.54, 1.807) is 12.4 Å². The molecule has 0 aromatic carbocycles. The maximum absolute atomic E-state index is 12.1. The normalized spacial score (nSPS) is 10.6. The fourth-order valence-electron chi connectivity index (χ4n) is 2.30. The summed E-state index contributed by atoms with van der Waals surface area (Å²) in [6.07, 6.45) is 6.38. The number of carbonyl (C=O) groups is 1. The van der Waals surface area contributed by atoms with Gasteiger partial charge in [0.1, 0.15) is 11.3 Å². The lowest BCUT2D eigenvalue weighted by molar-refractivity contribution is 0.0951. The Bertz CT molecular complexity index is 920. The number of thiazole rings is 1. The van der Waals surface area contributed by atoms with Crippen molar-refractivity contribution in [2.45, 2.75) is 19.8 Å². The lowest BCUT2D eigenvalue weighted by Crippen LogP contribution is -2.31. The Morgan fingerprint density at radius 1 is 1.32 bits per heavy atom. The van der Waals surface area contributed by atoms with E-state index in [1.165, 1.54) is 17.5 Å². The molecule has 7 nitrogen and oxygen atoms in total. The summed E-state index contributed by atoms with van der Waals surface area (Å²) in [4.78, 5) is 39.2. The summed E-state index contributed by atoms with van der Waals surface area (Å²) in [5, 5.41) is 5.44. The molecule has 0 saturated carbocycles. The second-order valence-electron chi connectivity index (χ2n) is 5.44. The first-order valence-corrected chi connectivity index (χ1v) is 8.70. The van der Waals surface area contributed by atoms with Gasteiger partial charge in [-0.2, -0.15) is 0 Å². The highest BCUT2D eigenvalue weighted by molar-refractivity contribution is 7.09. The van der Waals surface area contributed by atoms with Crippen molar-refractivity contribution < 1.29 is 4.79 Å². The van der Waals surface area contributed by atoms with Crippen LogP contribution in [0, 0.1) is 6.92 Å². The van der Waals surface area contributed by atoms with Crippen LogP contribution in [0.5, 0.6) is 0 Å². The standard InChI is InChI=1S/C17H17N5O2S/c1-11-21-14(10-25-11)15-20-9-13(17(24)22-15)16(23)19-6-2-3-12-4-7-18-8-5-12/h4-5,7-10H,2-3,6H2,1H3,(H,19,23)(H,20,22,24). The third-order valence-electron chi connectivity index (χ3n) is 3.58. The third-order valence-corrected chi connectivity index (χ3v) is 4.36. The summed E-state index contributed by atoms with van der Waals surface area (Å²) < 4.78 is 0. The number of pyridine rings is 1. The topological polar surface area (TPSA) is 101 Å². The molecule has 0 aliphatic rings. The molecule has 0 saturated heterocycles. The molecular weight excluding hydrogens is 338 g/mol. The van der Waals surface area contributed by atoms with Crippen molar-refractivity contribution in [2.75, 3.05) is 6.54 Å². The van der Waals surface area contributed by atoms with Gasteiger partial charge < -0.3 is 10.3 Å². The van der Waals surface area contributed by atoms with E-state index in [9.17, 15) is 9.59 Å². The Morgan fingerprint density at radius 2 is 2.12 bits per heavy atom. The van der Waals surface area contributed by atoms with Gasteiger partial charge in [0.05, 0.1) is 5.01 Å². The van der Waals surface area contributed by atoms with Crippen LogP contribution in [0.1, 0.15) is 27.3 Å². The average Bonchev–Trinajstić information content (AvgIpc) is 3.06. The van der Waals surface area contributed by atoms with Crippen molar-refractivity contribution in [3.8, 4) is 11.5 Å². The van der Waals surface area contributed by atoms with Gasteiger partial charge in [-0.15, -0.1) is 11.3 Å². The molecule has 0 aliphatic carbocycles. The molecule has 8 heteroatoms. The Labute approximate surface area is 148 Å². The summed E-state index contributed by atoms with van der Waals surface area (Å²) in [6, 6.07) is 3.88. The zero-order valence-corrected chi connectivity index (χ0v) is 14.5. The lowest BCUT2D eigenvalue weighted by atomic mass is 10.1. The molecule has 0 bridgehead atoms. The van der Waals surface area contributed by atoms with Crippen molar-refractivity contribution in [2.24, 2.45) is 0 Å². The minimum Gasteiger partial charge on any atom is -0.352 e. The number of aromatic nitrogens is 4. The minimum absolute atomic E-state index is 0.000359. The van der Waals surface area contributed by atoms with Gasteiger partial charge in [-0.1, -0.05) is 0 Å². The number of hydrogen-bond acceptors (Lipinski definition) is 6. The molecule has 0 unspecified atom stereocenters. The largest absolute Gasteiger partial charge is 0.352 e. The zero-order chi connectivity index (χ0) is 17.6. The van der Waals surface area contributed by atoms with Crippen LogP contribution in [-0.4, -0.2) is 32.4 Å². The smallest absolute Gasteiger partial charge is 0.264 e. The van der Waals surface area contributed by atoms with Crippen molar-refractivity contribution in [3.05, 3.63) is 62.6 Å². The van der Waals surface area contributed by atoms with Gasteiger partial charge in [0.15, 0.2) is 5.82 Å². The molecule has 25 heavy (non-hydrogen) atoms. The maximum atomic E-state index is 12.1. The summed E-state index contributed by atoms with van der Waals surface area (Å²) in [6.45, 7) is 2.35.